The molecule has 2 heterocycles. The summed E-state index contributed by atoms with van der Waals surface area (Å²) in [4.78, 5) is 0. The summed E-state index contributed by atoms with van der Waals surface area (Å²) in [6.45, 7) is 4.17. The van der Waals surface area contributed by atoms with Crippen molar-refractivity contribution in [2.45, 2.75) is 32.7 Å². The second kappa shape index (κ2) is 4.19. The molecule has 0 amide bonds. The molecule has 1 atom stereocenters. The molecule has 1 aromatic heterocycles. The van der Waals surface area contributed by atoms with E-state index in [2.05, 4.69) is 35.9 Å². The maximum absolute atomic E-state index is 5.71. The van der Waals surface area contributed by atoms with Gasteiger partial charge in [-0.25, -0.2) is 0 Å². The molecule has 0 spiro atoms. The lowest BCUT2D eigenvalue weighted by Crippen LogP contribution is -2.13. The molecule has 0 saturated carbocycles. The molecule has 2 aromatic rings. The van der Waals surface area contributed by atoms with Gasteiger partial charge in [-0.2, -0.15) is 0 Å². The third-order valence-electron chi connectivity index (χ3n) is 3.83. The molecule has 2 heteroatoms. The maximum Gasteiger partial charge on any atom is 0.0513 e. The van der Waals surface area contributed by atoms with Crippen LogP contribution in [0.1, 0.15) is 24.5 Å². The summed E-state index contributed by atoms with van der Waals surface area (Å²) in [5.74, 6) is 0.574. The maximum atomic E-state index is 5.71. The zero-order valence-electron chi connectivity index (χ0n) is 10.4. The van der Waals surface area contributed by atoms with Crippen molar-refractivity contribution in [2.75, 3.05) is 6.54 Å². The Morgan fingerprint density at radius 2 is 2.29 bits per heavy atom. The van der Waals surface area contributed by atoms with E-state index in [1.807, 2.05) is 0 Å². The van der Waals surface area contributed by atoms with Gasteiger partial charge in [-0.1, -0.05) is 13.0 Å². The molecule has 0 bridgehead atoms. The molecule has 90 valence electrons. The molecular weight excluding hydrogens is 208 g/mol. The second-order valence-corrected chi connectivity index (χ2v) is 5.35. The van der Waals surface area contributed by atoms with Gasteiger partial charge in [0.25, 0.3) is 0 Å². The highest BCUT2D eigenvalue weighted by Crippen LogP contribution is 2.28. The Bertz CT molecular complexity index is 539. The first-order valence-electron chi connectivity index (χ1n) is 6.58. The molecule has 2 nitrogen and oxygen atoms in total. The standard InChI is InChI=1S/C15H20N2/c1-11(10-16)7-12-8-13-3-2-5-17-6-4-14(9-12)15(13)17/h4,6,8-9,11H,2-3,5,7,10,16H2,1H3. The van der Waals surface area contributed by atoms with Gasteiger partial charge in [0.2, 0.25) is 0 Å². The van der Waals surface area contributed by atoms with Crippen molar-refractivity contribution < 1.29 is 0 Å². The van der Waals surface area contributed by atoms with Gasteiger partial charge < -0.3 is 10.3 Å². The van der Waals surface area contributed by atoms with E-state index >= 15 is 0 Å². The van der Waals surface area contributed by atoms with E-state index in [1.165, 1.54) is 41.4 Å². The predicted molar refractivity (Wildman–Crippen MR) is 72.2 cm³/mol. The van der Waals surface area contributed by atoms with Gasteiger partial charge >= 0.3 is 0 Å². The van der Waals surface area contributed by atoms with Crippen LogP contribution in [0.5, 0.6) is 0 Å². The summed E-state index contributed by atoms with van der Waals surface area (Å²) in [6, 6.07) is 6.98. The number of rotatable bonds is 3. The third-order valence-corrected chi connectivity index (χ3v) is 3.83. The van der Waals surface area contributed by atoms with E-state index < -0.39 is 0 Å². The second-order valence-electron chi connectivity index (χ2n) is 5.35. The van der Waals surface area contributed by atoms with Gasteiger partial charge in [0, 0.05) is 18.1 Å². The van der Waals surface area contributed by atoms with E-state index in [4.69, 9.17) is 5.73 Å². The fourth-order valence-corrected chi connectivity index (χ4v) is 2.93. The normalized spacial score (nSPS) is 16.4. The van der Waals surface area contributed by atoms with Crippen LogP contribution in [0.4, 0.5) is 0 Å². The molecule has 0 saturated heterocycles. The van der Waals surface area contributed by atoms with Crippen molar-refractivity contribution in [3.63, 3.8) is 0 Å². The van der Waals surface area contributed by atoms with Gasteiger partial charge in [-0.15, -0.1) is 0 Å². The van der Waals surface area contributed by atoms with Gasteiger partial charge in [0.15, 0.2) is 0 Å². The average molecular weight is 228 g/mol. The van der Waals surface area contributed by atoms with E-state index in [1.54, 1.807) is 0 Å². The number of hydrogen-bond donors (Lipinski definition) is 1. The predicted octanol–water partition coefficient (Wildman–Crippen LogP) is 2.72. The molecular formula is C15H20N2. The minimum Gasteiger partial charge on any atom is -0.347 e. The minimum absolute atomic E-state index is 0.574. The van der Waals surface area contributed by atoms with Gasteiger partial charge in [-0.3, -0.25) is 0 Å². The smallest absolute Gasteiger partial charge is 0.0513 e. The van der Waals surface area contributed by atoms with Crippen LogP contribution in [0, 0.1) is 5.92 Å². The monoisotopic (exact) mass is 228 g/mol. The topological polar surface area (TPSA) is 30.9 Å². The van der Waals surface area contributed by atoms with Crippen LogP contribution < -0.4 is 5.73 Å². The first-order chi connectivity index (χ1) is 8.28. The quantitative estimate of drug-likeness (QED) is 0.860. The van der Waals surface area contributed by atoms with Crippen molar-refractivity contribution in [3.8, 4) is 0 Å². The summed E-state index contributed by atoms with van der Waals surface area (Å²) in [6.07, 6.45) is 5.83. The van der Waals surface area contributed by atoms with Gasteiger partial charge in [0.05, 0.1) is 5.52 Å². The van der Waals surface area contributed by atoms with Crippen molar-refractivity contribution in [2.24, 2.45) is 11.7 Å². The molecule has 1 aliphatic heterocycles. The molecule has 1 aromatic carbocycles. The zero-order chi connectivity index (χ0) is 11.8. The Balaban J connectivity index is 2.05. The van der Waals surface area contributed by atoms with E-state index in [0.29, 0.717) is 5.92 Å². The lowest BCUT2D eigenvalue weighted by Gasteiger charge is -2.17. The number of aromatic nitrogens is 1. The largest absolute Gasteiger partial charge is 0.347 e. The Morgan fingerprint density at radius 1 is 1.41 bits per heavy atom. The summed E-state index contributed by atoms with van der Waals surface area (Å²) in [5, 5.41) is 1.40. The molecule has 1 aliphatic rings. The van der Waals surface area contributed by atoms with Crippen LogP contribution in [0.25, 0.3) is 10.9 Å². The summed E-state index contributed by atoms with van der Waals surface area (Å²) in [5.41, 5.74) is 10.1. The summed E-state index contributed by atoms with van der Waals surface area (Å²) >= 11 is 0. The number of hydrogen-bond acceptors (Lipinski definition) is 1. The Hall–Kier alpha value is -1.28. The number of nitrogens with zero attached hydrogens (tertiary/aromatic N) is 1. The molecule has 0 aliphatic carbocycles. The number of nitrogens with two attached hydrogens (primary N) is 1. The molecule has 2 N–H and O–H groups in total. The number of aryl methyl sites for hydroxylation is 2. The van der Waals surface area contributed by atoms with Crippen molar-refractivity contribution in [1.82, 2.24) is 4.57 Å². The Kier molecular flexibility index (Phi) is 2.67. The van der Waals surface area contributed by atoms with Crippen LogP contribution >= 0.6 is 0 Å². The highest BCUT2D eigenvalue weighted by Gasteiger charge is 2.13. The van der Waals surface area contributed by atoms with Crippen LogP contribution in [0.15, 0.2) is 24.4 Å². The van der Waals surface area contributed by atoms with Crippen LogP contribution in [-0.4, -0.2) is 11.1 Å². The highest BCUT2D eigenvalue weighted by molar-refractivity contribution is 5.84. The van der Waals surface area contributed by atoms with Gasteiger partial charge in [-0.05, 0) is 55.0 Å². The lowest BCUT2D eigenvalue weighted by molar-refractivity contribution is 0.591. The third kappa shape index (κ3) is 1.87. The van der Waals surface area contributed by atoms with E-state index in [0.717, 1.165) is 13.0 Å². The molecule has 0 radical (unpaired) electrons. The average Bonchev–Trinajstić information content (AvgIpc) is 2.74. The lowest BCUT2D eigenvalue weighted by atomic mass is 9.95. The van der Waals surface area contributed by atoms with Crippen molar-refractivity contribution in [1.29, 1.82) is 0 Å². The zero-order valence-corrected chi connectivity index (χ0v) is 10.4. The van der Waals surface area contributed by atoms with Crippen LogP contribution in [0.3, 0.4) is 0 Å². The fraction of sp³-hybridized carbons (Fsp3) is 0.467. The summed E-state index contributed by atoms with van der Waals surface area (Å²) < 4.78 is 2.39. The van der Waals surface area contributed by atoms with Crippen LogP contribution in [-0.2, 0) is 19.4 Å². The highest BCUT2D eigenvalue weighted by atomic mass is 15.0. The Labute approximate surface area is 102 Å². The van der Waals surface area contributed by atoms with E-state index in [9.17, 15) is 0 Å². The first-order valence-corrected chi connectivity index (χ1v) is 6.58. The molecule has 0 fully saturated rings. The molecule has 1 unspecified atom stereocenters. The first kappa shape index (κ1) is 10.8. The molecule has 3 rings (SSSR count). The van der Waals surface area contributed by atoms with E-state index in [-0.39, 0.29) is 0 Å². The van der Waals surface area contributed by atoms with Gasteiger partial charge in [0.1, 0.15) is 0 Å². The SMILES string of the molecule is CC(CN)Cc1cc2c3c(ccn3CCC2)c1. The van der Waals surface area contributed by atoms with Crippen LogP contribution in [0.2, 0.25) is 0 Å². The molecule has 17 heavy (non-hydrogen) atoms. The summed E-state index contributed by atoms with van der Waals surface area (Å²) in [7, 11) is 0. The minimum atomic E-state index is 0.574. The number of benzene rings is 1. The van der Waals surface area contributed by atoms with Crippen molar-refractivity contribution in [3.05, 3.63) is 35.5 Å². The fourth-order valence-electron chi connectivity index (χ4n) is 2.93. The Morgan fingerprint density at radius 3 is 3.12 bits per heavy atom. The van der Waals surface area contributed by atoms with Crippen molar-refractivity contribution >= 4 is 10.9 Å².